The molecule has 1 aromatic carbocycles. The van der Waals surface area contributed by atoms with Crippen molar-refractivity contribution in [3.05, 3.63) is 29.8 Å². The molecule has 21 heavy (non-hydrogen) atoms. The predicted octanol–water partition coefficient (Wildman–Crippen LogP) is 3.24. The number of rotatable bonds is 4. The highest BCUT2D eigenvalue weighted by atomic mass is 32.2. The topological polar surface area (TPSA) is 40.5 Å². The van der Waals surface area contributed by atoms with Crippen LogP contribution in [0.3, 0.4) is 0 Å². The summed E-state index contributed by atoms with van der Waals surface area (Å²) in [5.74, 6) is 1.03. The molecule has 0 radical (unpaired) electrons. The van der Waals surface area contributed by atoms with Crippen LogP contribution in [0.25, 0.3) is 0 Å². The number of carbonyl (C=O) groups excluding carboxylic acids is 1. The fraction of sp³-hybridized carbons (Fsp3) is 0.588. The Morgan fingerprint density at radius 2 is 2.00 bits per heavy atom. The van der Waals surface area contributed by atoms with Crippen LogP contribution >= 0.6 is 11.8 Å². The van der Waals surface area contributed by atoms with E-state index >= 15 is 0 Å². The molecule has 1 N–H and O–H groups in total. The van der Waals surface area contributed by atoms with Gasteiger partial charge in [-0.3, -0.25) is 4.79 Å². The summed E-state index contributed by atoms with van der Waals surface area (Å²) in [5, 5.41) is 10.1. The first-order valence-electron chi connectivity index (χ1n) is 7.66. The molecule has 1 aliphatic heterocycles. The van der Waals surface area contributed by atoms with Crippen molar-refractivity contribution < 1.29 is 9.90 Å². The summed E-state index contributed by atoms with van der Waals surface area (Å²) in [5.41, 5.74) is 0.651. The Morgan fingerprint density at radius 1 is 1.29 bits per heavy atom. The Hall–Kier alpha value is -1.00. The van der Waals surface area contributed by atoms with Gasteiger partial charge in [-0.15, -0.1) is 11.8 Å². The Kier molecular flexibility index (Phi) is 5.71. The second kappa shape index (κ2) is 7.32. The van der Waals surface area contributed by atoms with Gasteiger partial charge in [-0.25, -0.2) is 0 Å². The number of aryl methyl sites for hydroxylation is 1. The third kappa shape index (κ3) is 5.36. The van der Waals surface area contributed by atoms with E-state index in [0.29, 0.717) is 19.4 Å². The largest absolute Gasteiger partial charge is 0.390 e. The van der Waals surface area contributed by atoms with Crippen LogP contribution in [0.15, 0.2) is 29.2 Å². The number of nitrogens with zero attached hydrogens (tertiary/aromatic N) is 1. The van der Waals surface area contributed by atoms with Gasteiger partial charge in [-0.1, -0.05) is 17.7 Å². The summed E-state index contributed by atoms with van der Waals surface area (Å²) >= 11 is 1.73. The molecule has 0 aromatic heterocycles. The Balaban J connectivity index is 1.75. The molecule has 3 nitrogen and oxygen atoms in total. The number of hydrogen-bond acceptors (Lipinski definition) is 3. The van der Waals surface area contributed by atoms with Gasteiger partial charge in [0.25, 0.3) is 0 Å². The average molecular weight is 307 g/mol. The first kappa shape index (κ1) is 16.4. The second-order valence-corrected chi connectivity index (χ2v) is 7.31. The monoisotopic (exact) mass is 307 g/mol. The van der Waals surface area contributed by atoms with E-state index in [-0.39, 0.29) is 5.91 Å². The smallest absolute Gasteiger partial charge is 0.223 e. The van der Waals surface area contributed by atoms with Gasteiger partial charge in [-0.2, -0.15) is 0 Å². The molecule has 1 aromatic rings. The molecule has 0 spiro atoms. The number of amides is 1. The zero-order valence-electron chi connectivity index (χ0n) is 13.0. The molecule has 1 unspecified atom stereocenters. The van der Waals surface area contributed by atoms with Crippen molar-refractivity contribution in [3.63, 3.8) is 0 Å². The molecular weight excluding hydrogens is 282 g/mol. The van der Waals surface area contributed by atoms with E-state index in [2.05, 4.69) is 31.2 Å². The van der Waals surface area contributed by atoms with Crippen molar-refractivity contribution in [3.8, 4) is 0 Å². The molecule has 0 bridgehead atoms. The number of likely N-dealkylation sites (tertiary alicyclic amines) is 1. The first-order valence-corrected chi connectivity index (χ1v) is 8.64. The standard InChI is InChI=1S/C17H25NO2S/c1-14-4-6-15(7-5-14)21-13-8-16(19)18-11-3-9-17(2,20)10-12-18/h4-7,20H,3,8-13H2,1-2H3. The fourth-order valence-electron chi connectivity index (χ4n) is 2.56. The van der Waals surface area contributed by atoms with Crippen LogP contribution < -0.4 is 0 Å². The van der Waals surface area contributed by atoms with E-state index in [9.17, 15) is 9.90 Å². The number of benzene rings is 1. The second-order valence-electron chi connectivity index (χ2n) is 6.14. The maximum absolute atomic E-state index is 12.2. The number of carbonyl (C=O) groups is 1. The van der Waals surface area contributed by atoms with Gasteiger partial charge < -0.3 is 10.0 Å². The normalized spacial score (nSPS) is 22.9. The molecule has 0 aliphatic carbocycles. The summed E-state index contributed by atoms with van der Waals surface area (Å²) in [7, 11) is 0. The summed E-state index contributed by atoms with van der Waals surface area (Å²) in [6, 6.07) is 8.41. The molecule has 116 valence electrons. The van der Waals surface area contributed by atoms with Gasteiger partial charge >= 0.3 is 0 Å². The minimum absolute atomic E-state index is 0.215. The third-order valence-corrected chi connectivity index (χ3v) is 5.04. The van der Waals surface area contributed by atoms with E-state index in [4.69, 9.17) is 0 Å². The van der Waals surface area contributed by atoms with Crippen molar-refractivity contribution in [2.45, 2.75) is 50.0 Å². The molecule has 1 amide bonds. The molecule has 0 saturated carbocycles. The SMILES string of the molecule is Cc1ccc(SCCC(=O)N2CCCC(C)(O)CC2)cc1. The van der Waals surface area contributed by atoms with Gasteiger partial charge in [0.2, 0.25) is 5.91 Å². The summed E-state index contributed by atoms with van der Waals surface area (Å²) in [6.45, 7) is 5.41. The van der Waals surface area contributed by atoms with Crippen molar-refractivity contribution in [1.82, 2.24) is 4.90 Å². The Bertz CT molecular complexity index is 470. The van der Waals surface area contributed by atoms with E-state index in [1.807, 2.05) is 11.8 Å². The highest BCUT2D eigenvalue weighted by Crippen LogP contribution is 2.23. The highest BCUT2D eigenvalue weighted by molar-refractivity contribution is 7.99. The molecular formula is C17H25NO2S. The van der Waals surface area contributed by atoms with Crippen LogP contribution in [0, 0.1) is 6.92 Å². The molecule has 1 saturated heterocycles. The lowest BCUT2D eigenvalue weighted by Crippen LogP contribution is -2.33. The highest BCUT2D eigenvalue weighted by Gasteiger charge is 2.26. The molecule has 4 heteroatoms. The molecule has 1 atom stereocenters. The van der Waals surface area contributed by atoms with Gasteiger partial charge in [-0.05, 0) is 45.2 Å². The number of thioether (sulfide) groups is 1. The van der Waals surface area contributed by atoms with E-state index in [0.717, 1.165) is 25.1 Å². The molecule has 1 fully saturated rings. The van der Waals surface area contributed by atoms with Crippen LogP contribution in [0.1, 0.15) is 38.2 Å². The zero-order chi connectivity index (χ0) is 15.3. The minimum atomic E-state index is -0.605. The maximum Gasteiger partial charge on any atom is 0.223 e. The number of aliphatic hydroxyl groups is 1. The average Bonchev–Trinajstić information content (AvgIpc) is 2.62. The maximum atomic E-state index is 12.2. The van der Waals surface area contributed by atoms with Crippen molar-refractivity contribution >= 4 is 17.7 Å². The minimum Gasteiger partial charge on any atom is -0.390 e. The lowest BCUT2D eigenvalue weighted by Gasteiger charge is -2.22. The Morgan fingerprint density at radius 3 is 2.71 bits per heavy atom. The first-order chi connectivity index (χ1) is 9.96. The van der Waals surface area contributed by atoms with Gasteiger partial charge in [0.05, 0.1) is 5.60 Å². The van der Waals surface area contributed by atoms with E-state index in [1.165, 1.54) is 10.5 Å². The van der Waals surface area contributed by atoms with Crippen molar-refractivity contribution in [2.75, 3.05) is 18.8 Å². The van der Waals surface area contributed by atoms with Crippen LogP contribution in [0.2, 0.25) is 0 Å². The Labute approximate surface area is 131 Å². The summed E-state index contributed by atoms with van der Waals surface area (Å²) in [6.07, 6.45) is 2.93. The van der Waals surface area contributed by atoms with Crippen LogP contribution in [0.5, 0.6) is 0 Å². The lowest BCUT2D eigenvalue weighted by atomic mass is 9.98. The number of hydrogen-bond donors (Lipinski definition) is 1. The van der Waals surface area contributed by atoms with Crippen LogP contribution in [0.4, 0.5) is 0 Å². The lowest BCUT2D eigenvalue weighted by molar-refractivity contribution is -0.130. The molecule has 2 rings (SSSR count). The van der Waals surface area contributed by atoms with Crippen molar-refractivity contribution in [1.29, 1.82) is 0 Å². The zero-order valence-corrected chi connectivity index (χ0v) is 13.8. The summed E-state index contributed by atoms with van der Waals surface area (Å²) < 4.78 is 0. The van der Waals surface area contributed by atoms with Gasteiger partial charge in [0.1, 0.15) is 0 Å². The predicted molar refractivity (Wildman–Crippen MR) is 87.6 cm³/mol. The quantitative estimate of drug-likeness (QED) is 0.868. The third-order valence-electron chi connectivity index (χ3n) is 4.02. The fourth-order valence-corrected chi connectivity index (χ4v) is 3.40. The van der Waals surface area contributed by atoms with Crippen LogP contribution in [-0.2, 0) is 4.79 Å². The van der Waals surface area contributed by atoms with E-state index in [1.54, 1.807) is 11.8 Å². The van der Waals surface area contributed by atoms with Crippen LogP contribution in [-0.4, -0.2) is 40.4 Å². The van der Waals surface area contributed by atoms with E-state index < -0.39 is 5.60 Å². The van der Waals surface area contributed by atoms with Crippen molar-refractivity contribution in [2.24, 2.45) is 0 Å². The summed E-state index contributed by atoms with van der Waals surface area (Å²) in [4.78, 5) is 15.4. The van der Waals surface area contributed by atoms with Gasteiger partial charge in [0, 0.05) is 30.2 Å². The van der Waals surface area contributed by atoms with Gasteiger partial charge in [0.15, 0.2) is 0 Å². The molecule has 1 heterocycles. The molecule has 1 aliphatic rings.